The molecular formula is C11H22N2O4P2. The molecule has 19 heavy (non-hydrogen) atoms. The molecule has 0 atom stereocenters. The Morgan fingerprint density at radius 1 is 0.947 bits per heavy atom. The SMILES string of the molecule is CC1(C)C(=O)N(CP(C)(C)=O)C(=O)N1CP(C)(C)=O. The molecule has 0 saturated carbocycles. The number of carbonyl (C=O) groups excluding carboxylic acids is 2. The zero-order chi connectivity index (χ0) is 15.2. The van der Waals surface area contributed by atoms with Crippen LogP contribution in [-0.4, -0.2) is 66.5 Å². The van der Waals surface area contributed by atoms with E-state index in [4.69, 9.17) is 0 Å². The van der Waals surface area contributed by atoms with Crippen LogP contribution in [0.4, 0.5) is 4.79 Å². The second-order valence-corrected chi connectivity index (χ2v) is 13.3. The number of rotatable bonds is 4. The molecule has 0 N–H and O–H groups in total. The standard InChI is InChI=1S/C11H22N2O4P2/c1-11(2)9(14)12(7-18(3,4)16)10(15)13(11)8-19(5,6)17/h7-8H2,1-6H3. The molecule has 1 fully saturated rings. The Bertz CT molecular complexity index is 503. The van der Waals surface area contributed by atoms with Crippen molar-refractivity contribution in [2.24, 2.45) is 0 Å². The van der Waals surface area contributed by atoms with Crippen molar-refractivity contribution in [3.8, 4) is 0 Å². The van der Waals surface area contributed by atoms with E-state index in [1.807, 2.05) is 0 Å². The Labute approximate surface area is 114 Å². The number of nitrogens with zero attached hydrogens (tertiary/aromatic N) is 2. The van der Waals surface area contributed by atoms with Crippen molar-refractivity contribution >= 4 is 26.2 Å². The molecule has 110 valence electrons. The normalized spacial score (nSPS) is 20.3. The van der Waals surface area contributed by atoms with Gasteiger partial charge in [0.1, 0.15) is 19.8 Å². The summed E-state index contributed by atoms with van der Waals surface area (Å²) in [6, 6.07) is -0.497. The van der Waals surface area contributed by atoms with Gasteiger partial charge in [-0.1, -0.05) is 0 Å². The third-order valence-corrected chi connectivity index (χ3v) is 4.80. The van der Waals surface area contributed by atoms with Crippen LogP contribution in [0.25, 0.3) is 0 Å². The minimum absolute atomic E-state index is 0.0544. The van der Waals surface area contributed by atoms with E-state index in [0.717, 1.165) is 4.90 Å². The van der Waals surface area contributed by atoms with Crippen molar-refractivity contribution in [1.82, 2.24) is 9.80 Å². The van der Waals surface area contributed by atoms with Gasteiger partial charge in [0.2, 0.25) is 0 Å². The smallest absolute Gasteiger partial charge is 0.322 e. The van der Waals surface area contributed by atoms with Crippen molar-refractivity contribution in [3.05, 3.63) is 0 Å². The van der Waals surface area contributed by atoms with Crippen LogP contribution in [0, 0.1) is 0 Å². The summed E-state index contributed by atoms with van der Waals surface area (Å²) in [4.78, 5) is 26.9. The third-order valence-electron chi connectivity index (χ3n) is 2.87. The van der Waals surface area contributed by atoms with Gasteiger partial charge < -0.3 is 14.0 Å². The highest BCUT2D eigenvalue weighted by Crippen LogP contribution is 2.44. The molecule has 0 aliphatic carbocycles. The van der Waals surface area contributed by atoms with Gasteiger partial charge in [0.05, 0.1) is 12.6 Å². The van der Waals surface area contributed by atoms with E-state index in [1.165, 1.54) is 18.2 Å². The van der Waals surface area contributed by atoms with Crippen LogP contribution in [0.3, 0.4) is 0 Å². The Hall–Kier alpha value is -0.600. The zero-order valence-corrected chi connectivity index (χ0v) is 14.1. The Kier molecular flexibility index (Phi) is 4.11. The first kappa shape index (κ1) is 16.5. The van der Waals surface area contributed by atoms with E-state index >= 15 is 0 Å². The van der Waals surface area contributed by atoms with E-state index in [0.29, 0.717) is 0 Å². The van der Waals surface area contributed by atoms with Gasteiger partial charge in [-0.3, -0.25) is 9.69 Å². The number of carbonyl (C=O) groups is 2. The van der Waals surface area contributed by atoms with Crippen molar-refractivity contribution in [1.29, 1.82) is 0 Å². The van der Waals surface area contributed by atoms with Gasteiger partial charge in [-0.25, -0.2) is 4.79 Å². The van der Waals surface area contributed by atoms with Crippen LogP contribution in [0.5, 0.6) is 0 Å². The van der Waals surface area contributed by atoms with Gasteiger partial charge in [0, 0.05) is 0 Å². The van der Waals surface area contributed by atoms with Gasteiger partial charge in [0.25, 0.3) is 5.91 Å². The molecule has 0 spiro atoms. The van der Waals surface area contributed by atoms with Crippen molar-refractivity contribution < 1.29 is 18.7 Å². The molecule has 0 aromatic carbocycles. The maximum absolute atomic E-state index is 12.3. The summed E-state index contributed by atoms with van der Waals surface area (Å²) in [5, 5.41) is 0. The first-order valence-corrected chi connectivity index (χ1v) is 11.5. The number of amides is 3. The summed E-state index contributed by atoms with van der Waals surface area (Å²) in [6.07, 6.45) is -0.0128. The maximum atomic E-state index is 12.3. The van der Waals surface area contributed by atoms with Crippen LogP contribution in [0.15, 0.2) is 0 Å². The number of hydrogen-bond donors (Lipinski definition) is 0. The lowest BCUT2D eigenvalue weighted by Gasteiger charge is -2.29. The lowest BCUT2D eigenvalue weighted by Crippen LogP contribution is -2.44. The first-order valence-electron chi connectivity index (χ1n) is 5.97. The molecule has 0 aromatic heterocycles. The molecule has 1 aliphatic rings. The van der Waals surface area contributed by atoms with Crippen LogP contribution >= 0.6 is 14.3 Å². The second kappa shape index (κ2) is 4.75. The van der Waals surface area contributed by atoms with E-state index in [1.54, 1.807) is 27.2 Å². The number of hydrogen-bond acceptors (Lipinski definition) is 4. The quantitative estimate of drug-likeness (QED) is 0.589. The summed E-state index contributed by atoms with van der Waals surface area (Å²) >= 11 is 0. The Balaban J connectivity index is 3.10. The lowest BCUT2D eigenvalue weighted by atomic mass is 10.1. The zero-order valence-electron chi connectivity index (χ0n) is 12.3. The molecule has 6 nitrogen and oxygen atoms in total. The Morgan fingerprint density at radius 2 is 1.37 bits per heavy atom. The third kappa shape index (κ3) is 3.70. The fourth-order valence-electron chi connectivity index (χ4n) is 1.96. The lowest BCUT2D eigenvalue weighted by molar-refractivity contribution is -0.131. The minimum atomic E-state index is -2.54. The molecular weight excluding hydrogens is 286 g/mol. The first-order chi connectivity index (χ1) is 8.26. The molecule has 0 aromatic rings. The van der Waals surface area contributed by atoms with E-state index in [2.05, 4.69) is 0 Å². The Morgan fingerprint density at radius 3 is 1.74 bits per heavy atom. The highest BCUT2D eigenvalue weighted by Gasteiger charge is 2.52. The summed E-state index contributed by atoms with van der Waals surface area (Å²) in [5.74, 6) is -0.380. The van der Waals surface area contributed by atoms with Crippen LogP contribution in [-0.2, 0) is 13.9 Å². The van der Waals surface area contributed by atoms with Gasteiger partial charge in [-0.15, -0.1) is 0 Å². The average molecular weight is 308 g/mol. The second-order valence-electron chi connectivity index (χ2n) is 6.43. The minimum Gasteiger partial charge on any atom is -0.322 e. The van der Waals surface area contributed by atoms with Gasteiger partial charge in [-0.2, -0.15) is 0 Å². The fourth-order valence-corrected chi connectivity index (χ4v) is 4.05. The molecule has 1 saturated heterocycles. The van der Waals surface area contributed by atoms with Crippen molar-refractivity contribution in [2.45, 2.75) is 19.4 Å². The summed E-state index contributed by atoms with van der Waals surface area (Å²) < 4.78 is 23.8. The predicted molar refractivity (Wildman–Crippen MR) is 76.8 cm³/mol. The van der Waals surface area contributed by atoms with Gasteiger partial charge >= 0.3 is 6.03 Å². The average Bonchev–Trinajstić information content (AvgIpc) is 2.29. The van der Waals surface area contributed by atoms with Crippen LogP contribution in [0.2, 0.25) is 0 Å². The highest BCUT2D eigenvalue weighted by atomic mass is 31.2. The van der Waals surface area contributed by atoms with Crippen molar-refractivity contribution in [2.75, 3.05) is 39.2 Å². The molecule has 3 amide bonds. The van der Waals surface area contributed by atoms with E-state index < -0.39 is 25.9 Å². The van der Waals surface area contributed by atoms with E-state index in [9.17, 15) is 18.7 Å². The topological polar surface area (TPSA) is 74.8 Å². The summed E-state index contributed by atoms with van der Waals surface area (Å²) in [6.45, 7) is 9.47. The largest absolute Gasteiger partial charge is 0.328 e. The molecule has 0 unspecified atom stereocenters. The molecule has 0 bridgehead atoms. The number of imide groups is 1. The van der Waals surface area contributed by atoms with Gasteiger partial charge in [-0.05, 0) is 40.5 Å². The van der Waals surface area contributed by atoms with Gasteiger partial charge in [0.15, 0.2) is 0 Å². The molecule has 1 rings (SSSR count). The predicted octanol–water partition coefficient (Wildman–Crippen LogP) is 2.19. The summed E-state index contributed by atoms with van der Waals surface area (Å²) in [5.41, 5.74) is -1.03. The molecule has 1 aliphatic heterocycles. The molecule has 0 radical (unpaired) electrons. The maximum Gasteiger partial charge on any atom is 0.328 e. The van der Waals surface area contributed by atoms with Crippen LogP contribution in [0.1, 0.15) is 13.8 Å². The van der Waals surface area contributed by atoms with Crippen LogP contribution < -0.4 is 0 Å². The van der Waals surface area contributed by atoms with Crippen molar-refractivity contribution in [3.63, 3.8) is 0 Å². The molecule has 1 heterocycles. The monoisotopic (exact) mass is 308 g/mol. The highest BCUT2D eigenvalue weighted by molar-refractivity contribution is 7.62. The van der Waals surface area contributed by atoms with E-state index in [-0.39, 0.29) is 18.5 Å². The summed E-state index contributed by atoms with van der Waals surface area (Å²) in [7, 11) is -5.01. The fraction of sp³-hybridized carbons (Fsp3) is 0.818. The number of urea groups is 1. The molecule has 8 heteroatoms.